The molecule has 2 aromatic rings. The smallest absolute Gasteiger partial charge is 0.307 e. The Morgan fingerprint density at radius 1 is 1.56 bits per heavy atom. The molecule has 0 amide bonds. The van der Waals surface area contributed by atoms with Crippen molar-refractivity contribution in [3.05, 3.63) is 27.4 Å². The highest BCUT2D eigenvalue weighted by Gasteiger charge is 2.07. The second-order valence-corrected chi connectivity index (χ2v) is 5.10. The van der Waals surface area contributed by atoms with E-state index in [0.29, 0.717) is 24.3 Å². The zero-order chi connectivity index (χ0) is 13.1. The standard InChI is InChI=1S/C12H13BrN2O2S/c1-2-17-11(16)5-6-15-10-4-3-8(13)7-9(10)14-12(15)18/h3-4,7H,2,5-6H2,1H3,(H,14,18). The predicted octanol–water partition coefficient (Wildman–Crippen LogP) is 3.41. The fourth-order valence-corrected chi connectivity index (χ4v) is 2.45. The fourth-order valence-electron chi connectivity index (χ4n) is 1.79. The number of H-pyrrole nitrogens is 1. The summed E-state index contributed by atoms with van der Waals surface area (Å²) in [6.45, 7) is 2.73. The van der Waals surface area contributed by atoms with E-state index in [0.717, 1.165) is 15.5 Å². The van der Waals surface area contributed by atoms with Crippen LogP contribution < -0.4 is 0 Å². The van der Waals surface area contributed by atoms with Gasteiger partial charge in [-0.3, -0.25) is 4.79 Å². The lowest BCUT2D eigenvalue weighted by Crippen LogP contribution is -2.08. The topological polar surface area (TPSA) is 47.0 Å². The van der Waals surface area contributed by atoms with Crippen LogP contribution in [0.2, 0.25) is 0 Å². The molecule has 96 valence electrons. The number of rotatable bonds is 4. The highest BCUT2D eigenvalue weighted by Crippen LogP contribution is 2.19. The third kappa shape index (κ3) is 2.81. The molecule has 1 aromatic heterocycles. The molecule has 0 aliphatic carbocycles. The van der Waals surface area contributed by atoms with Gasteiger partial charge in [0, 0.05) is 11.0 Å². The highest BCUT2D eigenvalue weighted by atomic mass is 79.9. The Balaban J connectivity index is 2.25. The van der Waals surface area contributed by atoms with Gasteiger partial charge < -0.3 is 14.3 Å². The normalized spacial score (nSPS) is 10.8. The number of hydrogen-bond acceptors (Lipinski definition) is 3. The lowest BCUT2D eigenvalue weighted by molar-refractivity contribution is -0.143. The molecule has 1 aromatic carbocycles. The van der Waals surface area contributed by atoms with Gasteiger partial charge in [-0.2, -0.15) is 0 Å². The average molecular weight is 329 g/mol. The van der Waals surface area contributed by atoms with E-state index in [-0.39, 0.29) is 5.97 Å². The molecular formula is C12H13BrN2O2S. The molecule has 0 saturated carbocycles. The van der Waals surface area contributed by atoms with Crippen molar-refractivity contribution in [3.63, 3.8) is 0 Å². The molecule has 2 rings (SSSR count). The molecule has 6 heteroatoms. The number of aromatic nitrogens is 2. The van der Waals surface area contributed by atoms with Gasteiger partial charge in [-0.25, -0.2) is 0 Å². The fraction of sp³-hybridized carbons (Fsp3) is 0.333. The van der Waals surface area contributed by atoms with Crippen molar-refractivity contribution >= 4 is 45.2 Å². The number of carbonyl (C=O) groups excluding carboxylic acids is 1. The van der Waals surface area contributed by atoms with Crippen LogP contribution in [0.4, 0.5) is 0 Å². The predicted molar refractivity (Wildman–Crippen MR) is 76.1 cm³/mol. The monoisotopic (exact) mass is 328 g/mol. The van der Waals surface area contributed by atoms with E-state index >= 15 is 0 Å². The molecule has 0 bridgehead atoms. The summed E-state index contributed by atoms with van der Waals surface area (Å²) in [5.41, 5.74) is 1.95. The Kier molecular flexibility index (Phi) is 4.19. The molecule has 0 atom stereocenters. The summed E-state index contributed by atoms with van der Waals surface area (Å²) in [6.07, 6.45) is 0.325. The first-order valence-corrected chi connectivity index (χ1v) is 6.85. The summed E-state index contributed by atoms with van der Waals surface area (Å²) < 4.78 is 8.43. The van der Waals surface area contributed by atoms with Crippen molar-refractivity contribution in [2.75, 3.05) is 6.61 Å². The van der Waals surface area contributed by atoms with Crippen LogP contribution in [0.3, 0.4) is 0 Å². The second kappa shape index (κ2) is 5.67. The summed E-state index contributed by atoms with van der Waals surface area (Å²) in [7, 11) is 0. The Morgan fingerprint density at radius 2 is 2.33 bits per heavy atom. The summed E-state index contributed by atoms with van der Waals surface area (Å²) in [4.78, 5) is 14.5. The van der Waals surface area contributed by atoms with E-state index in [1.165, 1.54) is 0 Å². The van der Waals surface area contributed by atoms with Crippen molar-refractivity contribution in [1.82, 2.24) is 9.55 Å². The van der Waals surface area contributed by atoms with E-state index < -0.39 is 0 Å². The van der Waals surface area contributed by atoms with Gasteiger partial charge in [-0.05, 0) is 37.3 Å². The highest BCUT2D eigenvalue weighted by molar-refractivity contribution is 9.10. The Labute approximate surface area is 118 Å². The molecule has 0 aliphatic heterocycles. The maximum absolute atomic E-state index is 11.4. The minimum atomic E-state index is -0.203. The van der Waals surface area contributed by atoms with Gasteiger partial charge >= 0.3 is 5.97 Å². The van der Waals surface area contributed by atoms with E-state index in [1.807, 2.05) is 22.8 Å². The summed E-state index contributed by atoms with van der Waals surface area (Å²) >= 11 is 8.66. The molecule has 4 nitrogen and oxygen atoms in total. The number of aryl methyl sites for hydroxylation is 1. The van der Waals surface area contributed by atoms with Crippen molar-refractivity contribution in [3.8, 4) is 0 Å². The Morgan fingerprint density at radius 3 is 3.06 bits per heavy atom. The molecule has 0 aliphatic rings. The quantitative estimate of drug-likeness (QED) is 0.691. The van der Waals surface area contributed by atoms with Gasteiger partial charge in [0.25, 0.3) is 0 Å². The number of aromatic amines is 1. The Bertz CT molecular complexity index is 633. The molecular weight excluding hydrogens is 316 g/mol. The maximum Gasteiger partial charge on any atom is 0.307 e. The minimum Gasteiger partial charge on any atom is -0.466 e. The van der Waals surface area contributed by atoms with Gasteiger partial charge in [0.05, 0.1) is 24.1 Å². The molecule has 1 heterocycles. The summed E-state index contributed by atoms with van der Waals surface area (Å²) in [6, 6.07) is 5.88. The van der Waals surface area contributed by atoms with Gasteiger partial charge in [0.15, 0.2) is 4.77 Å². The van der Waals surface area contributed by atoms with Gasteiger partial charge in [-0.15, -0.1) is 0 Å². The van der Waals surface area contributed by atoms with Crippen LogP contribution in [0.5, 0.6) is 0 Å². The lowest BCUT2D eigenvalue weighted by Gasteiger charge is -2.04. The zero-order valence-corrected chi connectivity index (χ0v) is 12.3. The third-order valence-corrected chi connectivity index (χ3v) is 3.40. The van der Waals surface area contributed by atoms with Crippen molar-refractivity contribution < 1.29 is 9.53 Å². The van der Waals surface area contributed by atoms with Crippen molar-refractivity contribution in [2.24, 2.45) is 0 Å². The minimum absolute atomic E-state index is 0.203. The third-order valence-electron chi connectivity index (χ3n) is 2.58. The number of halogens is 1. The van der Waals surface area contributed by atoms with Crippen LogP contribution >= 0.6 is 28.1 Å². The number of benzene rings is 1. The first kappa shape index (κ1) is 13.3. The van der Waals surface area contributed by atoms with Crippen molar-refractivity contribution in [1.29, 1.82) is 0 Å². The van der Waals surface area contributed by atoms with E-state index in [1.54, 1.807) is 6.92 Å². The van der Waals surface area contributed by atoms with E-state index in [4.69, 9.17) is 17.0 Å². The molecule has 0 saturated heterocycles. The molecule has 18 heavy (non-hydrogen) atoms. The first-order valence-electron chi connectivity index (χ1n) is 5.65. The SMILES string of the molecule is CCOC(=O)CCn1c(=S)[nH]c2cc(Br)ccc21. The van der Waals surface area contributed by atoms with Gasteiger partial charge in [0.1, 0.15) is 0 Å². The number of fused-ring (bicyclic) bond motifs is 1. The summed E-state index contributed by atoms with van der Waals surface area (Å²) in [5, 5.41) is 0. The molecule has 0 spiro atoms. The van der Waals surface area contributed by atoms with Crippen LogP contribution in [-0.2, 0) is 16.1 Å². The Hall–Kier alpha value is -1.14. The van der Waals surface area contributed by atoms with Crippen LogP contribution in [0.25, 0.3) is 11.0 Å². The number of carbonyl (C=O) groups is 1. The van der Waals surface area contributed by atoms with Crippen molar-refractivity contribution in [2.45, 2.75) is 19.9 Å². The average Bonchev–Trinajstić information content (AvgIpc) is 2.61. The van der Waals surface area contributed by atoms with E-state index in [9.17, 15) is 4.79 Å². The maximum atomic E-state index is 11.4. The number of esters is 1. The molecule has 0 fully saturated rings. The zero-order valence-electron chi connectivity index (χ0n) is 9.90. The molecule has 1 N–H and O–H groups in total. The number of ether oxygens (including phenoxy) is 1. The number of imidazole rings is 1. The van der Waals surface area contributed by atoms with E-state index in [2.05, 4.69) is 20.9 Å². The van der Waals surface area contributed by atoms with Gasteiger partial charge in [0.2, 0.25) is 0 Å². The second-order valence-electron chi connectivity index (χ2n) is 3.80. The first-order chi connectivity index (χ1) is 8.61. The number of nitrogens with zero attached hydrogens (tertiary/aromatic N) is 1. The molecule has 0 radical (unpaired) electrons. The van der Waals surface area contributed by atoms with Crippen LogP contribution in [-0.4, -0.2) is 22.1 Å². The lowest BCUT2D eigenvalue weighted by atomic mass is 10.3. The molecule has 0 unspecified atom stereocenters. The number of nitrogens with one attached hydrogen (secondary N) is 1. The number of hydrogen-bond donors (Lipinski definition) is 1. The van der Waals surface area contributed by atoms with Crippen LogP contribution in [0.1, 0.15) is 13.3 Å². The van der Waals surface area contributed by atoms with Crippen LogP contribution in [0, 0.1) is 4.77 Å². The van der Waals surface area contributed by atoms with Gasteiger partial charge in [-0.1, -0.05) is 15.9 Å². The summed E-state index contributed by atoms with van der Waals surface area (Å²) in [5.74, 6) is -0.203. The largest absolute Gasteiger partial charge is 0.466 e. The van der Waals surface area contributed by atoms with Crippen LogP contribution in [0.15, 0.2) is 22.7 Å².